The molecule has 2 aromatic rings. The van der Waals surface area contributed by atoms with Crippen molar-refractivity contribution in [3.63, 3.8) is 0 Å². The number of amides is 4. The van der Waals surface area contributed by atoms with Gasteiger partial charge >= 0.3 is 6.03 Å². The average molecular weight is 492 g/mol. The number of nitro groups is 1. The lowest BCUT2D eigenvalue weighted by Crippen LogP contribution is -2.75. The van der Waals surface area contributed by atoms with Crippen molar-refractivity contribution in [2.45, 2.75) is 32.4 Å². The van der Waals surface area contributed by atoms with Gasteiger partial charge in [0.1, 0.15) is 0 Å². The molecule has 1 spiro atoms. The highest BCUT2D eigenvalue weighted by molar-refractivity contribution is 6.20. The van der Waals surface area contributed by atoms with E-state index < -0.39 is 34.2 Å². The van der Waals surface area contributed by atoms with Crippen molar-refractivity contribution in [2.75, 3.05) is 38.1 Å². The SMILES string of the molecule is CCCN1C(=O)N(C)C(=O)[C@@]2(Cc3cc([N+](=O)[O-])ccc3N3CCN(Cc4ccccc4)C[C@H]32)C1=O. The molecule has 36 heavy (non-hydrogen) atoms. The van der Waals surface area contributed by atoms with Crippen LogP contribution in [0.15, 0.2) is 48.5 Å². The van der Waals surface area contributed by atoms with Crippen molar-refractivity contribution in [1.82, 2.24) is 14.7 Å². The molecular weight excluding hydrogens is 462 g/mol. The smallest absolute Gasteiger partial charge is 0.333 e. The van der Waals surface area contributed by atoms with E-state index in [9.17, 15) is 24.5 Å². The molecule has 0 aromatic heterocycles. The van der Waals surface area contributed by atoms with E-state index >= 15 is 0 Å². The Balaban J connectivity index is 1.61. The summed E-state index contributed by atoms with van der Waals surface area (Å²) in [6.07, 6.45) is 0.575. The number of hydrogen-bond donors (Lipinski definition) is 0. The number of anilines is 1. The predicted octanol–water partition coefficient (Wildman–Crippen LogP) is 2.66. The molecule has 0 saturated carbocycles. The van der Waals surface area contributed by atoms with Crippen LogP contribution in [0.2, 0.25) is 0 Å². The van der Waals surface area contributed by atoms with Crippen molar-refractivity contribution in [2.24, 2.45) is 5.41 Å². The quantitative estimate of drug-likeness (QED) is 0.360. The summed E-state index contributed by atoms with van der Waals surface area (Å²) in [6, 6.07) is 13.5. The fourth-order valence-electron chi connectivity index (χ4n) is 5.90. The number of barbiturate groups is 1. The van der Waals surface area contributed by atoms with E-state index in [1.165, 1.54) is 24.1 Å². The minimum Gasteiger partial charge on any atom is -0.364 e. The highest BCUT2D eigenvalue weighted by Gasteiger charge is 2.64. The molecule has 2 atom stereocenters. The van der Waals surface area contributed by atoms with Gasteiger partial charge in [0.25, 0.3) is 5.69 Å². The van der Waals surface area contributed by atoms with Gasteiger partial charge in [-0.15, -0.1) is 0 Å². The van der Waals surface area contributed by atoms with Crippen LogP contribution >= 0.6 is 0 Å². The second-order valence-electron chi connectivity index (χ2n) is 9.75. The van der Waals surface area contributed by atoms with Crippen LogP contribution in [0.3, 0.4) is 0 Å². The molecule has 3 heterocycles. The van der Waals surface area contributed by atoms with E-state index in [1.807, 2.05) is 42.2 Å². The first-order valence-electron chi connectivity index (χ1n) is 12.2. The maximum absolute atomic E-state index is 14.1. The van der Waals surface area contributed by atoms with Crippen LogP contribution < -0.4 is 4.90 Å². The Hall–Kier alpha value is -3.79. The first-order valence-corrected chi connectivity index (χ1v) is 12.2. The van der Waals surface area contributed by atoms with Crippen LogP contribution in [0.25, 0.3) is 0 Å². The van der Waals surface area contributed by atoms with E-state index in [4.69, 9.17) is 0 Å². The molecule has 188 valence electrons. The second-order valence-corrected chi connectivity index (χ2v) is 9.75. The summed E-state index contributed by atoms with van der Waals surface area (Å²) >= 11 is 0. The van der Waals surface area contributed by atoms with Crippen LogP contribution in [0, 0.1) is 15.5 Å². The topological polar surface area (TPSA) is 107 Å². The maximum Gasteiger partial charge on any atom is 0.333 e. The molecule has 3 aliphatic rings. The van der Waals surface area contributed by atoms with Gasteiger partial charge < -0.3 is 4.90 Å². The number of non-ortho nitro benzene ring substituents is 1. The number of urea groups is 1. The zero-order valence-electron chi connectivity index (χ0n) is 20.4. The number of benzene rings is 2. The van der Waals surface area contributed by atoms with Gasteiger partial charge in [-0.1, -0.05) is 37.3 Å². The van der Waals surface area contributed by atoms with E-state index in [-0.39, 0.29) is 18.7 Å². The zero-order valence-corrected chi connectivity index (χ0v) is 20.4. The molecule has 5 rings (SSSR count). The highest BCUT2D eigenvalue weighted by atomic mass is 16.6. The number of imide groups is 2. The van der Waals surface area contributed by atoms with Gasteiger partial charge in [0.2, 0.25) is 11.8 Å². The van der Waals surface area contributed by atoms with Crippen LogP contribution in [0.4, 0.5) is 16.2 Å². The van der Waals surface area contributed by atoms with E-state index in [1.54, 1.807) is 6.07 Å². The Labute approximate surface area is 209 Å². The maximum atomic E-state index is 14.1. The van der Waals surface area contributed by atoms with Gasteiger partial charge in [0.05, 0.1) is 11.0 Å². The third-order valence-electron chi connectivity index (χ3n) is 7.61. The normalized spacial score (nSPS) is 24.2. The molecule has 0 radical (unpaired) electrons. The third kappa shape index (κ3) is 3.63. The molecule has 10 heteroatoms. The van der Waals surface area contributed by atoms with Crippen LogP contribution in [0.1, 0.15) is 24.5 Å². The third-order valence-corrected chi connectivity index (χ3v) is 7.61. The number of carbonyl (C=O) groups is 3. The first-order chi connectivity index (χ1) is 17.3. The summed E-state index contributed by atoms with van der Waals surface area (Å²) in [7, 11) is 1.42. The average Bonchev–Trinajstić information content (AvgIpc) is 2.89. The van der Waals surface area contributed by atoms with Gasteiger partial charge in [-0.3, -0.25) is 34.4 Å². The predicted molar refractivity (Wildman–Crippen MR) is 132 cm³/mol. The summed E-state index contributed by atoms with van der Waals surface area (Å²) in [6.45, 7) is 4.45. The second kappa shape index (κ2) is 9.02. The molecule has 2 fully saturated rings. The molecule has 10 nitrogen and oxygen atoms in total. The minimum atomic E-state index is -1.55. The zero-order chi connectivity index (χ0) is 25.6. The number of piperazine rings is 1. The van der Waals surface area contributed by atoms with Gasteiger partial charge in [0.15, 0.2) is 5.41 Å². The van der Waals surface area contributed by atoms with Gasteiger partial charge in [0, 0.05) is 64.0 Å². The van der Waals surface area contributed by atoms with Gasteiger partial charge in [-0.25, -0.2) is 4.79 Å². The summed E-state index contributed by atoms with van der Waals surface area (Å²) in [5.41, 5.74) is 0.884. The monoisotopic (exact) mass is 491 g/mol. The molecule has 2 aromatic carbocycles. The number of rotatable bonds is 5. The Kier molecular flexibility index (Phi) is 5.99. The molecule has 0 bridgehead atoms. The lowest BCUT2D eigenvalue weighted by molar-refractivity contribution is -0.384. The van der Waals surface area contributed by atoms with Crippen LogP contribution in [-0.2, 0) is 22.6 Å². The number of nitro benzene ring substituents is 1. The fraction of sp³-hybridized carbons (Fsp3) is 0.423. The van der Waals surface area contributed by atoms with E-state index in [2.05, 4.69) is 4.90 Å². The molecule has 4 amide bonds. The molecule has 3 aliphatic heterocycles. The first kappa shape index (κ1) is 23.9. The Morgan fingerprint density at radius 1 is 1.06 bits per heavy atom. The molecule has 2 saturated heterocycles. The summed E-state index contributed by atoms with van der Waals surface area (Å²) in [5, 5.41) is 11.5. The van der Waals surface area contributed by atoms with Crippen LogP contribution in [-0.4, -0.2) is 76.7 Å². The number of nitrogens with zero attached hydrogens (tertiary/aromatic N) is 5. The summed E-state index contributed by atoms with van der Waals surface area (Å²) in [5.74, 6) is -1.05. The summed E-state index contributed by atoms with van der Waals surface area (Å²) < 4.78 is 0. The standard InChI is InChI=1S/C26H29N5O5/c1-3-11-30-24(33)26(23(32)27(2)25(30)34)15-19-14-20(31(35)36)9-10-21(19)29-13-12-28(17-22(26)29)16-18-7-5-4-6-8-18/h4-10,14,22H,3,11-13,15-17H2,1-2H3/t22-,26-/m0/s1. The fourth-order valence-corrected chi connectivity index (χ4v) is 5.90. The van der Waals surface area contributed by atoms with Crippen molar-refractivity contribution < 1.29 is 19.3 Å². The highest BCUT2D eigenvalue weighted by Crippen LogP contribution is 2.47. The van der Waals surface area contributed by atoms with E-state index in [0.717, 1.165) is 16.2 Å². The Morgan fingerprint density at radius 3 is 2.50 bits per heavy atom. The number of fused-ring (bicyclic) bond motifs is 4. The van der Waals surface area contributed by atoms with Crippen molar-refractivity contribution in [3.8, 4) is 0 Å². The molecule has 0 N–H and O–H groups in total. The minimum absolute atomic E-state index is 0.0137. The molecule has 0 aliphatic carbocycles. The van der Waals surface area contributed by atoms with Gasteiger partial charge in [-0.2, -0.15) is 0 Å². The Bertz CT molecular complexity index is 1230. The molecular formula is C26H29N5O5. The lowest BCUT2D eigenvalue weighted by Gasteiger charge is -2.56. The Morgan fingerprint density at radius 2 is 1.81 bits per heavy atom. The van der Waals surface area contributed by atoms with Gasteiger partial charge in [-0.05, 0) is 23.6 Å². The largest absolute Gasteiger partial charge is 0.364 e. The lowest BCUT2D eigenvalue weighted by atomic mass is 9.67. The van der Waals surface area contributed by atoms with E-state index in [0.29, 0.717) is 38.2 Å². The molecule has 0 unspecified atom stereocenters. The number of carbonyl (C=O) groups excluding carboxylic acids is 3. The number of hydrogen-bond acceptors (Lipinski definition) is 7. The summed E-state index contributed by atoms with van der Waals surface area (Å²) in [4.78, 5) is 58.4. The van der Waals surface area contributed by atoms with Crippen molar-refractivity contribution in [3.05, 3.63) is 69.8 Å². The van der Waals surface area contributed by atoms with Crippen molar-refractivity contribution in [1.29, 1.82) is 0 Å². The van der Waals surface area contributed by atoms with Crippen LogP contribution in [0.5, 0.6) is 0 Å². The van der Waals surface area contributed by atoms with Crippen molar-refractivity contribution >= 4 is 29.2 Å².